The zero-order valence-corrected chi connectivity index (χ0v) is 19.3. The van der Waals surface area contributed by atoms with Crippen LogP contribution in [-0.2, 0) is 25.6 Å². The highest BCUT2D eigenvalue weighted by Gasteiger charge is 2.29. The summed E-state index contributed by atoms with van der Waals surface area (Å²) in [6.07, 6.45) is 1.80. The molecule has 180 valence electrons. The lowest BCUT2D eigenvalue weighted by Gasteiger charge is -2.24. The minimum atomic E-state index is -1.18. The lowest BCUT2D eigenvalue weighted by Crippen LogP contribution is -2.56. The molecular weight excluding hydrogens is 426 g/mol. The van der Waals surface area contributed by atoms with Crippen LogP contribution in [-0.4, -0.2) is 58.5 Å². The fourth-order valence-corrected chi connectivity index (χ4v) is 3.33. The number of amides is 3. The molecule has 0 aliphatic carbocycles. The summed E-state index contributed by atoms with van der Waals surface area (Å²) in [5.74, 6) is -3.24. The van der Waals surface area contributed by atoms with Gasteiger partial charge in [-0.3, -0.25) is 14.4 Å². The summed E-state index contributed by atoms with van der Waals surface area (Å²) in [4.78, 5) is 52.0. The Balaban J connectivity index is 2.02. The summed E-state index contributed by atoms with van der Waals surface area (Å²) < 4.78 is 0. The van der Waals surface area contributed by atoms with Gasteiger partial charge in [-0.25, -0.2) is 4.79 Å². The van der Waals surface area contributed by atoms with Crippen LogP contribution in [0.15, 0.2) is 30.5 Å². The van der Waals surface area contributed by atoms with Crippen molar-refractivity contribution in [3.8, 4) is 0 Å². The van der Waals surface area contributed by atoms with Gasteiger partial charge in [0.05, 0.1) is 12.6 Å². The largest absolute Gasteiger partial charge is 0.480 e. The molecule has 1 aromatic carbocycles. The number of rotatable bonds is 11. The lowest BCUT2D eigenvalue weighted by molar-refractivity contribution is -0.142. The molecule has 1 aromatic heterocycles. The Hall–Kier alpha value is -3.40. The van der Waals surface area contributed by atoms with Gasteiger partial charge < -0.3 is 31.8 Å². The van der Waals surface area contributed by atoms with E-state index in [1.165, 1.54) is 0 Å². The van der Waals surface area contributed by atoms with E-state index in [0.717, 1.165) is 16.5 Å². The predicted molar refractivity (Wildman–Crippen MR) is 124 cm³/mol. The molecule has 10 heteroatoms. The molecule has 2 aromatic rings. The number of aromatic nitrogens is 1. The molecule has 7 N–H and O–H groups in total. The van der Waals surface area contributed by atoms with Crippen LogP contribution in [0.4, 0.5) is 0 Å². The van der Waals surface area contributed by atoms with Gasteiger partial charge in [0.1, 0.15) is 12.1 Å². The standard InChI is InChI=1S/C23H33N5O5/c1-12(2)19(24)21(30)26-11-18(29)28-20(13(3)4)22(31)27-17(23(32)33)9-14-10-25-16-8-6-5-7-15(14)16/h5-8,10,12-13,17,19-20,25H,9,11,24H2,1-4H3,(H,26,30)(H,27,31)(H,28,29)(H,32,33). The molecule has 3 atom stereocenters. The molecule has 0 aliphatic rings. The molecule has 0 fully saturated rings. The first-order valence-corrected chi connectivity index (χ1v) is 10.9. The van der Waals surface area contributed by atoms with Crippen molar-refractivity contribution in [3.63, 3.8) is 0 Å². The molecule has 10 nitrogen and oxygen atoms in total. The molecule has 0 spiro atoms. The normalized spacial score (nSPS) is 14.0. The van der Waals surface area contributed by atoms with Gasteiger partial charge in [-0.15, -0.1) is 0 Å². The van der Waals surface area contributed by atoms with Gasteiger partial charge in [0.25, 0.3) is 0 Å². The van der Waals surface area contributed by atoms with Gasteiger partial charge in [0.2, 0.25) is 17.7 Å². The van der Waals surface area contributed by atoms with E-state index in [9.17, 15) is 24.3 Å². The Morgan fingerprint density at radius 1 is 1.00 bits per heavy atom. The van der Waals surface area contributed by atoms with Crippen LogP contribution in [0, 0.1) is 11.8 Å². The highest BCUT2D eigenvalue weighted by molar-refractivity contribution is 5.93. The number of hydrogen-bond acceptors (Lipinski definition) is 5. The third kappa shape index (κ3) is 7.04. The number of carbonyl (C=O) groups excluding carboxylic acids is 3. The van der Waals surface area contributed by atoms with Gasteiger partial charge in [0, 0.05) is 23.5 Å². The maximum Gasteiger partial charge on any atom is 0.326 e. The number of aromatic amines is 1. The van der Waals surface area contributed by atoms with E-state index in [1.54, 1.807) is 33.9 Å². The highest BCUT2D eigenvalue weighted by Crippen LogP contribution is 2.19. The van der Waals surface area contributed by atoms with Crippen molar-refractivity contribution >= 4 is 34.6 Å². The number of para-hydroxylation sites is 1. The van der Waals surface area contributed by atoms with Crippen molar-refractivity contribution in [2.75, 3.05) is 6.54 Å². The maximum atomic E-state index is 12.9. The van der Waals surface area contributed by atoms with Crippen molar-refractivity contribution in [1.82, 2.24) is 20.9 Å². The number of benzene rings is 1. The Morgan fingerprint density at radius 3 is 2.27 bits per heavy atom. The quantitative estimate of drug-likeness (QED) is 0.286. The average Bonchev–Trinajstić information content (AvgIpc) is 3.17. The lowest BCUT2D eigenvalue weighted by atomic mass is 10.0. The van der Waals surface area contributed by atoms with E-state index >= 15 is 0 Å². The fraction of sp³-hybridized carbons (Fsp3) is 0.478. The van der Waals surface area contributed by atoms with Crippen molar-refractivity contribution in [2.24, 2.45) is 17.6 Å². The molecule has 33 heavy (non-hydrogen) atoms. The Kier molecular flexibility index (Phi) is 8.98. The van der Waals surface area contributed by atoms with Gasteiger partial charge in [0.15, 0.2) is 0 Å². The molecule has 2 rings (SSSR count). The molecule has 0 saturated heterocycles. The van der Waals surface area contributed by atoms with Crippen molar-refractivity contribution < 1.29 is 24.3 Å². The third-order valence-corrected chi connectivity index (χ3v) is 5.42. The first-order valence-electron chi connectivity index (χ1n) is 10.9. The Bertz CT molecular complexity index is 1000. The maximum absolute atomic E-state index is 12.9. The topological polar surface area (TPSA) is 166 Å². The third-order valence-electron chi connectivity index (χ3n) is 5.42. The van der Waals surface area contributed by atoms with E-state index in [0.29, 0.717) is 0 Å². The molecular formula is C23H33N5O5. The van der Waals surface area contributed by atoms with E-state index in [4.69, 9.17) is 5.73 Å². The Morgan fingerprint density at radius 2 is 1.67 bits per heavy atom. The number of nitrogens with one attached hydrogen (secondary N) is 4. The van der Waals surface area contributed by atoms with Crippen LogP contribution in [0.3, 0.4) is 0 Å². The van der Waals surface area contributed by atoms with E-state index in [2.05, 4.69) is 20.9 Å². The zero-order valence-electron chi connectivity index (χ0n) is 19.3. The highest BCUT2D eigenvalue weighted by atomic mass is 16.4. The number of carboxylic acids is 1. The first kappa shape index (κ1) is 25.9. The zero-order chi connectivity index (χ0) is 24.7. The van der Waals surface area contributed by atoms with Crippen LogP contribution in [0.5, 0.6) is 0 Å². The second-order valence-electron chi connectivity index (χ2n) is 8.74. The van der Waals surface area contributed by atoms with Crippen molar-refractivity contribution in [2.45, 2.75) is 52.2 Å². The summed E-state index contributed by atoms with van der Waals surface area (Å²) >= 11 is 0. The van der Waals surface area contributed by atoms with Crippen molar-refractivity contribution in [1.29, 1.82) is 0 Å². The second kappa shape index (κ2) is 11.5. The van der Waals surface area contributed by atoms with E-state index in [1.807, 2.05) is 24.3 Å². The monoisotopic (exact) mass is 459 g/mol. The van der Waals surface area contributed by atoms with Gasteiger partial charge in [-0.1, -0.05) is 45.9 Å². The second-order valence-corrected chi connectivity index (χ2v) is 8.74. The summed E-state index contributed by atoms with van der Waals surface area (Å²) in [7, 11) is 0. The van der Waals surface area contributed by atoms with E-state index < -0.39 is 41.8 Å². The molecule has 1 heterocycles. The number of carboxylic acid groups (broad SMARTS) is 1. The van der Waals surface area contributed by atoms with Crippen LogP contribution < -0.4 is 21.7 Å². The fourth-order valence-electron chi connectivity index (χ4n) is 3.33. The van der Waals surface area contributed by atoms with E-state index in [-0.39, 0.29) is 24.8 Å². The first-order chi connectivity index (χ1) is 15.5. The number of carbonyl (C=O) groups is 4. The summed E-state index contributed by atoms with van der Waals surface area (Å²) in [5, 5.41) is 18.1. The van der Waals surface area contributed by atoms with Gasteiger partial charge >= 0.3 is 5.97 Å². The summed E-state index contributed by atoms with van der Waals surface area (Å²) in [6.45, 7) is 6.70. The molecule has 3 unspecified atom stereocenters. The molecule has 0 aliphatic heterocycles. The van der Waals surface area contributed by atoms with Crippen LogP contribution in [0.1, 0.15) is 33.3 Å². The smallest absolute Gasteiger partial charge is 0.326 e. The average molecular weight is 460 g/mol. The van der Waals surface area contributed by atoms with Gasteiger partial charge in [-0.05, 0) is 23.5 Å². The number of hydrogen-bond donors (Lipinski definition) is 6. The van der Waals surface area contributed by atoms with Crippen LogP contribution >= 0.6 is 0 Å². The predicted octanol–water partition coefficient (Wildman–Crippen LogP) is 0.520. The van der Waals surface area contributed by atoms with Crippen LogP contribution in [0.25, 0.3) is 10.9 Å². The molecule has 0 saturated carbocycles. The number of aliphatic carboxylic acids is 1. The van der Waals surface area contributed by atoms with Crippen LogP contribution in [0.2, 0.25) is 0 Å². The minimum Gasteiger partial charge on any atom is -0.480 e. The summed E-state index contributed by atoms with van der Waals surface area (Å²) in [6, 6.07) is 4.57. The number of fused-ring (bicyclic) bond motifs is 1. The Labute approximate surface area is 192 Å². The molecule has 0 bridgehead atoms. The number of H-pyrrole nitrogens is 1. The molecule has 0 radical (unpaired) electrons. The number of nitrogens with two attached hydrogens (primary N) is 1. The SMILES string of the molecule is CC(C)C(N)C(=O)NCC(=O)NC(C(=O)NC(Cc1c[nH]c2ccccc12)C(=O)O)C(C)C. The van der Waals surface area contributed by atoms with Gasteiger partial charge in [-0.2, -0.15) is 0 Å². The summed E-state index contributed by atoms with van der Waals surface area (Å²) in [5.41, 5.74) is 7.38. The minimum absolute atomic E-state index is 0.0764. The van der Waals surface area contributed by atoms with Crippen molar-refractivity contribution in [3.05, 3.63) is 36.0 Å². The molecule has 3 amide bonds.